The third kappa shape index (κ3) is 2.44. The van der Waals surface area contributed by atoms with Crippen LogP contribution >= 0.6 is 0 Å². The molecule has 1 unspecified atom stereocenters. The van der Waals surface area contributed by atoms with Gasteiger partial charge in [0.1, 0.15) is 0 Å². The van der Waals surface area contributed by atoms with Gasteiger partial charge in [0.25, 0.3) is 0 Å². The van der Waals surface area contributed by atoms with Gasteiger partial charge in [-0.15, -0.1) is 0 Å². The van der Waals surface area contributed by atoms with Gasteiger partial charge in [0.2, 0.25) is 5.79 Å². The van der Waals surface area contributed by atoms with E-state index in [0.717, 1.165) is 0 Å². The number of urea groups is 1. The van der Waals surface area contributed by atoms with E-state index in [0.29, 0.717) is 10.2 Å². The average Bonchev–Trinajstić information content (AvgIpc) is 2.15. The molecule has 84 valence electrons. The lowest BCUT2D eigenvalue weighted by atomic mass is 10.2. The van der Waals surface area contributed by atoms with E-state index >= 15 is 0 Å². The number of nitrogens with two attached hydrogens (primary N) is 1. The SMILES string of the molecule is COC([SiH3])(NC(N)=O)C(C)(OC)OC. The maximum Gasteiger partial charge on any atom is 0.314 e. The fraction of sp³-hybridized carbons (Fsp3) is 0.857. The molecule has 2 amide bonds. The van der Waals surface area contributed by atoms with Crippen LogP contribution in [0, 0.1) is 0 Å². The van der Waals surface area contributed by atoms with Crippen LogP contribution in [0.3, 0.4) is 0 Å². The smallest absolute Gasteiger partial charge is 0.314 e. The van der Waals surface area contributed by atoms with Crippen molar-refractivity contribution >= 4 is 16.3 Å². The zero-order valence-corrected chi connectivity index (χ0v) is 11.2. The molecule has 0 bridgehead atoms. The number of nitrogens with one attached hydrogen (secondary N) is 1. The lowest BCUT2D eigenvalue weighted by Gasteiger charge is -2.42. The van der Waals surface area contributed by atoms with E-state index in [-0.39, 0.29) is 0 Å². The second-order valence-electron chi connectivity index (χ2n) is 3.08. The Labute approximate surface area is 86.5 Å². The van der Waals surface area contributed by atoms with Crippen molar-refractivity contribution in [3.63, 3.8) is 0 Å². The van der Waals surface area contributed by atoms with Gasteiger partial charge in [0, 0.05) is 21.3 Å². The van der Waals surface area contributed by atoms with E-state index in [1.54, 1.807) is 6.92 Å². The van der Waals surface area contributed by atoms with E-state index in [1.165, 1.54) is 21.3 Å². The van der Waals surface area contributed by atoms with Gasteiger partial charge in [-0.25, -0.2) is 4.79 Å². The van der Waals surface area contributed by atoms with Crippen LogP contribution in [0.25, 0.3) is 0 Å². The quantitative estimate of drug-likeness (QED) is 0.430. The lowest BCUT2D eigenvalue weighted by Crippen LogP contribution is -2.67. The largest absolute Gasteiger partial charge is 0.358 e. The Hall–Kier alpha value is -0.633. The zero-order valence-electron chi connectivity index (χ0n) is 9.21. The predicted octanol–water partition coefficient (Wildman–Crippen LogP) is -1.67. The topological polar surface area (TPSA) is 82.8 Å². The first kappa shape index (κ1) is 13.4. The van der Waals surface area contributed by atoms with Gasteiger partial charge in [-0.05, 0) is 6.92 Å². The van der Waals surface area contributed by atoms with Crippen molar-refractivity contribution in [3.8, 4) is 0 Å². The van der Waals surface area contributed by atoms with Gasteiger partial charge < -0.3 is 25.3 Å². The molecule has 0 fully saturated rings. The molecule has 0 aromatic heterocycles. The molecule has 3 N–H and O–H groups in total. The molecule has 0 spiro atoms. The molecule has 0 rings (SSSR count). The molecule has 6 nitrogen and oxygen atoms in total. The highest BCUT2D eigenvalue weighted by molar-refractivity contribution is 6.16. The van der Waals surface area contributed by atoms with E-state index in [9.17, 15) is 4.79 Å². The number of carbonyl (C=O) groups is 1. The molecule has 0 aromatic carbocycles. The molecular formula is C7H18N2O4Si. The first-order valence-electron chi connectivity index (χ1n) is 4.08. The molecular weight excluding hydrogens is 204 g/mol. The van der Waals surface area contributed by atoms with Crippen molar-refractivity contribution in [1.29, 1.82) is 0 Å². The number of hydrogen-bond donors (Lipinski definition) is 2. The fourth-order valence-corrected chi connectivity index (χ4v) is 1.71. The highest BCUT2D eigenvalue weighted by atomic mass is 28.1. The minimum absolute atomic E-state index is 0.460. The Morgan fingerprint density at radius 2 is 1.71 bits per heavy atom. The molecule has 0 heterocycles. The van der Waals surface area contributed by atoms with E-state index < -0.39 is 17.2 Å². The van der Waals surface area contributed by atoms with Crippen LogP contribution in [0.5, 0.6) is 0 Å². The van der Waals surface area contributed by atoms with E-state index in [4.69, 9.17) is 19.9 Å². The maximum atomic E-state index is 10.8. The summed E-state index contributed by atoms with van der Waals surface area (Å²) in [6.07, 6.45) is 0. The van der Waals surface area contributed by atoms with Crippen LogP contribution in [-0.4, -0.2) is 48.7 Å². The highest BCUT2D eigenvalue weighted by Gasteiger charge is 2.47. The summed E-state index contributed by atoms with van der Waals surface area (Å²) in [5.41, 5.74) is 5.04. The third-order valence-corrected chi connectivity index (χ3v) is 3.98. The summed E-state index contributed by atoms with van der Waals surface area (Å²) in [5.74, 6) is -1.05. The lowest BCUT2D eigenvalue weighted by molar-refractivity contribution is -0.274. The van der Waals surface area contributed by atoms with Crippen LogP contribution < -0.4 is 11.1 Å². The van der Waals surface area contributed by atoms with Crippen LogP contribution in [0.4, 0.5) is 4.79 Å². The summed E-state index contributed by atoms with van der Waals surface area (Å²) >= 11 is 0. The number of carbonyl (C=O) groups excluding carboxylic acids is 1. The first-order valence-corrected chi connectivity index (χ1v) is 5.08. The number of hydrogen-bond acceptors (Lipinski definition) is 4. The van der Waals surface area contributed by atoms with Gasteiger partial charge in [0.05, 0.1) is 10.2 Å². The van der Waals surface area contributed by atoms with Crippen LogP contribution in [0.2, 0.25) is 0 Å². The number of amides is 2. The number of rotatable bonds is 5. The Kier molecular flexibility index (Phi) is 4.52. The molecule has 7 heteroatoms. The van der Waals surface area contributed by atoms with Crippen LogP contribution in [-0.2, 0) is 14.2 Å². The van der Waals surface area contributed by atoms with Crippen molar-refractivity contribution in [3.05, 3.63) is 0 Å². The van der Waals surface area contributed by atoms with Crippen molar-refractivity contribution in [2.45, 2.75) is 18.1 Å². The minimum Gasteiger partial charge on any atom is -0.358 e. The molecule has 0 aliphatic rings. The van der Waals surface area contributed by atoms with Crippen LogP contribution in [0.15, 0.2) is 0 Å². The molecule has 0 saturated carbocycles. The molecule has 0 saturated heterocycles. The van der Waals surface area contributed by atoms with Gasteiger partial charge >= 0.3 is 6.03 Å². The van der Waals surface area contributed by atoms with E-state index in [1.807, 2.05) is 0 Å². The first-order chi connectivity index (χ1) is 6.35. The van der Waals surface area contributed by atoms with Crippen molar-refractivity contribution < 1.29 is 19.0 Å². The highest BCUT2D eigenvalue weighted by Crippen LogP contribution is 2.24. The summed E-state index contributed by atoms with van der Waals surface area (Å²) in [6, 6.07) is -0.679. The third-order valence-electron chi connectivity index (χ3n) is 2.42. The molecule has 0 aromatic rings. The average molecular weight is 222 g/mol. The number of primary amides is 1. The molecule has 0 aliphatic carbocycles. The Bertz CT molecular complexity index is 210. The van der Waals surface area contributed by atoms with E-state index in [2.05, 4.69) is 5.32 Å². The van der Waals surface area contributed by atoms with Gasteiger partial charge in [-0.1, -0.05) is 0 Å². The monoisotopic (exact) mass is 222 g/mol. The minimum atomic E-state index is -1.05. The second kappa shape index (κ2) is 4.74. The van der Waals surface area contributed by atoms with Crippen molar-refractivity contribution in [2.24, 2.45) is 5.73 Å². The Balaban J connectivity index is 4.89. The van der Waals surface area contributed by atoms with Gasteiger partial charge in [-0.2, -0.15) is 0 Å². The summed E-state index contributed by atoms with van der Waals surface area (Å²) in [5, 5.41) is 1.47. The van der Waals surface area contributed by atoms with Crippen molar-refractivity contribution in [2.75, 3.05) is 21.3 Å². The number of methoxy groups -OCH3 is 3. The fourth-order valence-electron chi connectivity index (χ4n) is 1.06. The standard InChI is InChI=1S/C7H18N2O4Si/c1-6(11-2,12-3)7(14,13-4)9-5(8)10/h1-4,14H3,(H3,8,9,10). The summed E-state index contributed by atoms with van der Waals surface area (Å²) in [7, 11) is 4.86. The second-order valence-corrected chi connectivity index (χ2v) is 4.49. The van der Waals surface area contributed by atoms with Gasteiger partial charge in [0.15, 0.2) is 5.35 Å². The molecule has 14 heavy (non-hydrogen) atoms. The summed E-state index contributed by atoms with van der Waals surface area (Å²) in [6.45, 7) is 1.67. The maximum absolute atomic E-state index is 10.8. The van der Waals surface area contributed by atoms with Crippen molar-refractivity contribution in [1.82, 2.24) is 5.32 Å². The summed E-state index contributed by atoms with van der Waals surface area (Å²) in [4.78, 5) is 10.8. The van der Waals surface area contributed by atoms with Gasteiger partial charge in [-0.3, -0.25) is 0 Å². The Morgan fingerprint density at radius 1 is 1.29 bits per heavy atom. The Morgan fingerprint density at radius 3 is 1.93 bits per heavy atom. The van der Waals surface area contributed by atoms with Crippen LogP contribution in [0.1, 0.15) is 6.92 Å². The zero-order chi connectivity index (χ0) is 11.4. The molecule has 0 radical (unpaired) electrons. The summed E-state index contributed by atoms with van der Waals surface area (Å²) < 4.78 is 15.5. The number of ether oxygens (including phenoxy) is 3. The molecule has 1 atom stereocenters. The molecule has 0 aliphatic heterocycles. The normalized spacial score (nSPS) is 16.3. The predicted molar refractivity (Wildman–Crippen MR) is 54.8 cm³/mol.